The van der Waals surface area contributed by atoms with Crippen molar-refractivity contribution >= 4 is 5.97 Å². The standard InChI is InChI=1S/C6H7NO3/c1-7-2-4(6(9)10)5(8)3-7/h2-3,8H,1H3,(H,9,10). The van der Waals surface area contributed by atoms with E-state index in [0.717, 1.165) is 0 Å². The van der Waals surface area contributed by atoms with Gasteiger partial charge in [0.1, 0.15) is 11.3 Å². The first-order valence-corrected chi connectivity index (χ1v) is 2.69. The lowest BCUT2D eigenvalue weighted by atomic mass is 10.3. The normalized spacial score (nSPS) is 9.70. The van der Waals surface area contributed by atoms with E-state index in [9.17, 15) is 4.79 Å². The van der Waals surface area contributed by atoms with Crippen LogP contribution in [0.4, 0.5) is 0 Å². The van der Waals surface area contributed by atoms with E-state index in [4.69, 9.17) is 10.2 Å². The summed E-state index contributed by atoms with van der Waals surface area (Å²) in [6.07, 6.45) is 2.68. The second-order valence-corrected chi connectivity index (χ2v) is 2.03. The molecule has 1 aromatic heterocycles. The van der Waals surface area contributed by atoms with E-state index in [1.807, 2.05) is 0 Å². The van der Waals surface area contributed by atoms with Crippen LogP contribution >= 0.6 is 0 Å². The Balaban J connectivity index is 3.15. The van der Waals surface area contributed by atoms with Crippen LogP contribution in [-0.2, 0) is 7.05 Å². The second-order valence-electron chi connectivity index (χ2n) is 2.03. The molecule has 0 fully saturated rings. The van der Waals surface area contributed by atoms with Crippen LogP contribution in [0.15, 0.2) is 12.4 Å². The van der Waals surface area contributed by atoms with Crippen molar-refractivity contribution in [2.45, 2.75) is 0 Å². The zero-order chi connectivity index (χ0) is 7.72. The molecule has 0 saturated carbocycles. The third kappa shape index (κ3) is 0.953. The molecule has 1 aromatic rings. The molecule has 4 heteroatoms. The molecule has 0 aliphatic heterocycles. The number of carboxylic acid groups (broad SMARTS) is 1. The Hall–Kier alpha value is -1.45. The van der Waals surface area contributed by atoms with Crippen LogP contribution < -0.4 is 0 Å². The van der Waals surface area contributed by atoms with Crippen molar-refractivity contribution in [3.63, 3.8) is 0 Å². The highest BCUT2D eigenvalue weighted by Crippen LogP contribution is 2.15. The molecule has 1 heterocycles. The number of aromatic nitrogens is 1. The summed E-state index contributed by atoms with van der Waals surface area (Å²) in [5.74, 6) is -1.31. The minimum atomic E-state index is -1.11. The monoisotopic (exact) mass is 141 g/mol. The smallest absolute Gasteiger partial charge is 0.341 e. The van der Waals surface area contributed by atoms with E-state index in [1.165, 1.54) is 17.0 Å². The van der Waals surface area contributed by atoms with E-state index in [1.54, 1.807) is 7.05 Å². The maximum Gasteiger partial charge on any atom is 0.341 e. The maximum atomic E-state index is 10.3. The molecule has 4 nitrogen and oxygen atoms in total. The predicted octanol–water partition coefficient (Wildman–Crippen LogP) is 0.429. The van der Waals surface area contributed by atoms with Gasteiger partial charge < -0.3 is 14.8 Å². The van der Waals surface area contributed by atoms with Gasteiger partial charge in [0.15, 0.2) is 0 Å². The molecule has 0 amide bonds. The molecule has 2 N–H and O–H groups in total. The predicted molar refractivity (Wildman–Crippen MR) is 34.0 cm³/mol. The van der Waals surface area contributed by atoms with Gasteiger partial charge in [-0.15, -0.1) is 0 Å². The lowest BCUT2D eigenvalue weighted by Gasteiger charge is -1.85. The van der Waals surface area contributed by atoms with Gasteiger partial charge in [-0.25, -0.2) is 4.79 Å². The number of rotatable bonds is 1. The number of carboxylic acids is 1. The summed E-state index contributed by atoms with van der Waals surface area (Å²) in [4.78, 5) is 10.3. The van der Waals surface area contributed by atoms with Gasteiger partial charge in [0.05, 0.1) is 0 Å². The number of carbonyl (C=O) groups is 1. The molecule has 0 saturated heterocycles. The Morgan fingerprint density at radius 1 is 1.60 bits per heavy atom. The van der Waals surface area contributed by atoms with Gasteiger partial charge in [0, 0.05) is 19.4 Å². The van der Waals surface area contributed by atoms with E-state index in [-0.39, 0.29) is 11.3 Å². The molecule has 0 aliphatic rings. The number of aromatic carboxylic acids is 1. The summed E-state index contributed by atoms with van der Waals surface area (Å²) < 4.78 is 1.48. The topological polar surface area (TPSA) is 62.5 Å². The third-order valence-corrected chi connectivity index (χ3v) is 1.17. The number of aromatic hydroxyl groups is 1. The summed E-state index contributed by atoms with van der Waals surface area (Å²) in [7, 11) is 1.64. The largest absolute Gasteiger partial charge is 0.505 e. The van der Waals surface area contributed by atoms with Gasteiger partial charge in [-0.1, -0.05) is 0 Å². The van der Waals surface area contributed by atoms with Crippen LogP contribution in [0.3, 0.4) is 0 Å². The highest BCUT2D eigenvalue weighted by molar-refractivity contribution is 5.90. The Labute approximate surface area is 57.3 Å². The van der Waals surface area contributed by atoms with Crippen molar-refractivity contribution in [3.05, 3.63) is 18.0 Å². The van der Waals surface area contributed by atoms with Crippen molar-refractivity contribution < 1.29 is 15.0 Å². The minimum absolute atomic E-state index is 0.0671. The van der Waals surface area contributed by atoms with Gasteiger partial charge in [0.2, 0.25) is 0 Å². The van der Waals surface area contributed by atoms with Crippen LogP contribution in [0.25, 0.3) is 0 Å². The molecule has 0 bridgehead atoms. The number of hydrogen-bond acceptors (Lipinski definition) is 2. The zero-order valence-corrected chi connectivity index (χ0v) is 5.40. The van der Waals surface area contributed by atoms with E-state index >= 15 is 0 Å². The van der Waals surface area contributed by atoms with E-state index < -0.39 is 5.97 Å². The van der Waals surface area contributed by atoms with Crippen molar-refractivity contribution in [2.75, 3.05) is 0 Å². The molecule has 0 aromatic carbocycles. The SMILES string of the molecule is Cn1cc(O)c(C(=O)O)c1. The molecule has 0 spiro atoms. The fraction of sp³-hybridized carbons (Fsp3) is 0.167. The molecule has 54 valence electrons. The molecule has 0 atom stereocenters. The highest BCUT2D eigenvalue weighted by Gasteiger charge is 2.10. The average molecular weight is 141 g/mol. The minimum Gasteiger partial charge on any atom is -0.505 e. The quantitative estimate of drug-likeness (QED) is 0.596. The molecular weight excluding hydrogens is 134 g/mol. The zero-order valence-electron chi connectivity index (χ0n) is 5.40. The lowest BCUT2D eigenvalue weighted by Crippen LogP contribution is -1.93. The van der Waals surface area contributed by atoms with Crippen LogP contribution in [0, 0.1) is 0 Å². The first-order chi connectivity index (χ1) is 4.61. The van der Waals surface area contributed by atoms with Crippen molar-refractivity contribution in [3.8, 4) is 5.75 Å². The fourth-order valence-electron chi connectivity index (χ4n) is 0.734. The van der Waals surface area contributed by atoms with Gasteiger partial charge in [0.25, 0.3) is 0 Å². The van der Waals surface area contributed by atoms with Crippen molar-refractivity contribution in [1.82, 2.24) is 4.57 Å². The van der Waals surface area contributed by atoms with Gasteiger partial charge in [-0.2, -0.15) is 0 Å². The van der Waals surface area contributed by atoms with Gasteiger partial charge in [-0.3, -0.25) is 0 Å². The Morgan fingerprint density at radius 2 is 2.20 bits per heavy atom. The van der Waals surface area contributed by atoms with Crippen LogP contribution in [-0.4, -0.2) is 20.7 Å². The molecule has 1 rings (SSSR count). The Kier molecular flexibility index (Phi) is 1.37. The summed E-state index contributed by atoms with van der Waals surface area (Å²) in [5, 5.41) is 17.3. The number of aryl methyl sites for hydroxylation is 1. The Bertz CT molecular complexity index is 264. The summed E-state index contributed by atoms with van der Waals surface area (Å²) in [6.45, 7) is 0. The molecule has 0 aliphatic carbocycles. The molecule has 0 radical (unpaired) electrons. The number of hydrogen-bond donors (Lipinski definition) is 2. The molecular formula is C6H7NO3. The van der Waals surface area contributed by atoms with Crippen LogP contribution in [0.1, 0.15) is 10.4 Å². The Morgan fingerprint density at radius 3 is 2.40 bits per heavy atom. The van der Waals surface area contributed by atoms with Crippen LogP contribution in [0.2, 0.25) is 0 Å². The summed E-state index contributed by atoms with van der Waals surface area (Å²) in [5.41, 5.74) is -0.0671. The first kappa shape index (κ1) is 6.67. The second kappa shape index (κ2) is 2.06. The summed E-state index contributed by atoms with van der Waals surface area (Å²) in [6, 6.07) is 0. The lowest BCUT2D eigenvalue weighted by molar-refractivity contribution is 0.0694. The summed E-state index contributed by atoms with van der Waals surface area (Å²) >= 11 is 0. The van der Waals surface area contributed by atoms with Gasteiger partial charge in [-0.05, 0) is 0 Å². The van der Waals surface area contributed by atoms with E-state index in [0.29, 0.717) is 0 Å². The van der Waals surface area contributed by atoms with Crippen molar-refractivity contribution in [2.24, 2.45) is 7.05 Å². The fourth-order valence-corrected chi connectivity index (χ4v) is 0.734. The van der Waals surface area contributed by atoms with Crippen molar-refractivity contribution in [1.29, 1.82) is 0 Å². The maximum absolute atomic E-state index is 10.3. The average Bonchev–Trinajstić information content (AvgIpc) is 2.10. The molecule has 10 heavy (non-hydrogen) atoms. The first-order valence-electron chi connectivity index (χ1n) is 2.69. The van der Waals surface area contributed by atoms with Crippen LogP contribution in [0.5, 0.6) is 5.75 Å². The van der Waals surface area contributed by atoms with E-state index in [2.05, 4.69) is 0 Å². The van der Waals surface area contributed by atoms with Gasteiger partial charge >= 0.3 is 5.97 Å². The highest BCUT2D eigenvalue weighted by atomic mass is 16.4. The number of nitrogens with zero attached hydrogens (tertiary/aromatic N) is 1. The third-order valence-electron chi connectivity index (χ3n) is 1.17. The molecule has 0 unspecified atom stereocenters.